The first-order valence-electron chi connectivity index (χ1n) is 6.77. The van der Waals surface area contributed by atoms with E-state index in [-0.39, 0.29) is 18.3 Å². The van der Waals surface area contributed by atoms with Crippen molar-refractivity contribution in [1.82, 2.24) is 5.32 Å². The molecule has 0 radical (unpaired) electrons. The van der Waals surface area contributed by atoms with Gasteiger partial charge in [-0.05, 0) is 25.3 Å². The van der Waals surface area contributed by atoms with E-state index in [1.54, 1.807) is 6.07 Å². The van der Waals surface area contributed by atoms with Crippen LogP contribution in [0.25, 0.3) is 0 Å². The van der Waals surface area contributed by atoms with Gasteiger partial charge < -0.3 is 10.1 Å². The Kier molecular flexibility index (Phi) is 4.55. The number of Topliss-reactive ketones (excluding diaryl/α,β-unsaturated/α-hetero) is 1. The number of amides is 1. The van der Waals surface area contributed by atoms with Crippen LogP contribution in [-0.2, 0) is 11.2 Å². The Hall–Kier alpha value is -1.84. The number of hydrogen-bond donors (Lipinski definition) is 1. The summed E-state index contributed by atoms with van der Waals surface area (Å²) in [6, 6.07) is 5.46. The quantitative estimate of drug-likeness (QED) is 0.883. The van der Waals surface area contributed by atoms with Gasteiger partial charge in [-0.1, -0.05) is 19.1 Å². The highest BCUT2D eigenvalue weighted by Gasteiger charge is 2.20. The second kappa shape index (κ2) is 6.36. The number of ketones is 1. The number of nitrogens with one attached hydrogen (secondary N) is 1. The third-order valence-corrected chi connectivity index (χ3v) is 3.19. The van der Waals surface area contributed by atoms with E-state index in [2.05, 4.69) is 5.32 Å². The lowest BCUT2D eigenvalue weighted by atomic mass is 9.90. The predicted octanol–water partition coefficient (Wildman–Crippen LogP) is 2.11. The van der Waals surface area contributed by atoms with E-state index in [4.69, 9.17) is 4.74 Å². The molecule has 0 bridgehead atoms. The monoisotopic (exact) mass is 261 g/mol. The summed E-state index contributed by atoms with van der Waals surface area (Å²) in [7, 11) is 0. The van der Waals surface area contributed by atoms with E-state index in [0.717, 1.165) is 30.4 Å². The first kappa shape index (κ1) is 13.6. The number of carbonyl (C=O) groups is 2. The molecule has 1 amide bonds. The van der Waals surface area contributed by atoms with Gasteiger partial charge in [0.25, 0.3) is 5.91 Å². The molecule has 102 valence electrons. The molecule has 1 aromatic carbocycles. The summed E-state index contributed by atoms with van der Waals surface area (Å²) in [5.74, 6) is 0.709. The lowest BCUT2D eigenvalue weighted by Crippen LogP contribution is -2.29. The van der Waals surface area contributed by atoms with Crippen LogP contribution in [0.1, 0.15) is 42.1 Å². The number of benzene rings is 1. The molecule has 0 unspecified atom stereocenters. The summed E-state index contributed by atoms with van der Waals surface area (Å²) in [6.45, 7) is 2.67. The van der Waals surface area contributed by atoms with Crippen molar-refractivity contribution in [2.75, 3.05) is 13.2 Å². The van der Waals surface area contributed by atoms with Crippen LogP contribution in [0.15, 0.2) is 18.2 Å². The molecule has 1 aromatic rings. The molecule has 2 rings (SSSR count). The van der Waals surface area contributed by atoms with Crippen molar-refractivity contribution >= 4 is 11.7 Å². The topological polar surface area (TPSA) is 55.4 Å². The fourth-order valence-corrected chi connectivity index (χ4v) is 2.24. The van der Waals surface area contributed by atoms with Gasteiger partial charge in [-0.3, -0.25) is 9.59 Å². The molecule has 1 aliphatic carbocycles. The van der Waals surface area contributed by atoms with Gasteiger partial charge in [-0.25, -0.2) is 0 Å². The molecular weight excluding hydrogens is 242 g/mol. The molecule has 19 heavy (non-hydrogen) atoms. The lowest BCUT2D eigenvalue weighted by Gasteiger charge is -2.18. The Balaban J connectivity index is 2.03. The highest BCUT2D eigenvalue weighted by atomic mass is 16.5. The van der Waals surface area contributed by atoms with E-state index < -0.39 is 0 Å². The molecule has 0 aromatic heterocycles. The molecular formula is C15H19NO3. The maximum absolute atomic E-state index is 11.8. The van der Waals surface area contributed by atoms with Crippen LogP contribution in [0.3, 0.4) is 0 Å². The molecule has 0 fully saturated rings. The van der Waals surface area contributed by atoms with Gasteiger partial charge in [0.2, 0.25) is 0 Å². The SMILES string of the molecule is CCCNC(=O)COc1cccc2c1CCCC2=O. The van der Waals surface area contributed by atoms with Crippen LogP contribution in [0.4, 0.5) is 0 Å². The molecule has 0 saturated carbocycles. The second-order valence-electron chi connectivity index (χ2n) is 4.70. The fourth-order valence-electron chi connectivity index (χ4n) is 2.24. The van der Waals surface area contributed by atoms with Crippen LogP contribution >= 0.6 is 0 Å². The fraction of sp³-hybridized carbons (Fsp3) is 0.467. The molecule has 0 heterocycles. The van der Waals surface area contributed by atoms with Crippen LogP contribution < -0.4 is 10.1 Å². The van der Waals surface area contributed by atoms with Crippen molar-refractivity contribution in [1.29, 1.82) is 0 Å². The van der Waals surface area contributed by atoms with Gasteiger partial charge in [0, 0.05) is 24.1 Å². The summed E-state index contributed by atoms with van der Waals surface area (Å²) in [5, 5.41) is 2.76. The van der Waals surface area contributed by atoms with E-state index in [1.165, 1.54) is 0 Å². The highest BCUT2D eigenvalue weighted by molar-refractivity contribution is 5.99. The summed E-state index contributed by atoms with van der Waals surface area (Å²) < 4.78 is 5.55. The number of hydrogen-bond acceptors (Lipinski definition) is 3. The highest BCUT2D eigenvalue weighted by Crippen LogP contribution is 2.29. The van der Waals surface area contributed by atoms with Gasteiger partial charge in [-0.2, -0.15) is 0 Å². The maximum Gasteiger partial charge on any atom is 0.257 e. The minimum atomic E-state index is -0.124. The first-order valence-corrected chi connectivity index (χ1v) is 6.77. The average molecular weight is 261 g/mol. The van der Waals surface area contributed by atoms with Crippen LogP contribution in [0.5, 0.6) is 5.75 Å². The van der Waals surface area contributed by atoms with Crippen molar-refractivity contribution in [2.24, 2.45) is 0 Å². The molecule has 1 N–H and O–H groups in total. The summed E-state index contributed by atoms with van der Waals surface area (Å²) in [4.78, 5) is 23.3. The largest absolute Gasteiger partial charge is 0.483 e. The van der Waals surface area contributed by atoms with Crippen molar-refractivity contribution < 1.29 is 14.3 Å². The molecule has 0 saturated heterocycles. The van der Waals surface area contributed by atoms with E-state index in [9.17, 15) is 9.59 Å². The van der Waals surface area contributed by atoms with Crippen LogP contribution in [0, 0.1) is 0 Å². The number of rotatable bonds is 5. The third kappa shape index (κ3) is 3.34. The zero-order valence-corrected chi connectivity index (χ0v) is 11.2. The lowest BCUT2D eigenvalue weighted by molar-refractivity contribution is -0.123. The van der Waals surface area contributed by atoms with Gasteiger partial charge in [-0.15, -0.1) is 0 Å². The number of fused-ring (bicyclic) bond motifs is 1. The summed E-state index contributed by atoms with van der Waals surface area (Å²) in [6.07, 6.45) is 3.20. The molecule has 0 spiro atoms. The maximum atomic E-state index is 11.8. The van der Waals surface area contributed by atoms with Crippen LogP contribution in [-0.4, -0.2) is 24.8 Å². The predicted molar refractivity (Wildman–Crippen MR) is 72.5 cm³/mol. The zero-order valence-electron chi connectivity index (χ0n) is 11.2. The smallest absolute Gasteiger partial charge is 0.257 e. The van der Waals surface area contributed by atoms with Crippen molar-refractivity contribution in [3.05, 3.63) is 29.3 Å². The van der Waals surface area contributed by atoms with Crippen LogP contribution in [0.2, 0.25) is 0 Å². The standard InChI is InChI=1S/C15H19NO3/c1-2-9-16-15(18)10-19-14-8-4-5-11-12(14)6-3-7-13(11)17/h4-5,8H,2-3,6-7,9-10H2,1H3,(H,16,18). The van der Waals surface area contributed by atoms with Gasteiger partial charge in [0.15, 0.2) is 12.4 Å². The van der Waals surface area contributed by atoms with Gasteiger partial charge in [0.1, 0.15) is 5.75 Å². The van der Waals surface area contributed by atoms with Crippen molar-refractivity contribution in [2.45, 2.75) is 32.6 Å². The molecule has 4 heteroatoms. The average Bonchev–Trinajstić information content (AvgIpc) is 2.43. The van der Waals surface area contributed by atoms with Gasteiger partial charge in [0.05, 0.1) is 0 Å². The molecule has 4 nitrogen and oxygen atoms in total. The van der Waals surface area contributed by atoms with Crippen molar-refractivity contribution in [3.63, 3.8) is 0 Å². The Morgan fingerprint density at radius 2 is 2.21 bits per heavy atom. The summed E-state index contributed by atoms with van der Waals surface area (Å²) in [5.41, 5.74) is 1.69. The van der Waals surface area contributed by atoms with Crippen molar-refractivity contribution in [3.8, 4) is 5.75 Å². The third-order valence-electron chi connectivity index (χ3n) is 3.19. The van der Waals surface area contributed by atoms with E-state index >= 15 is 0 Å². The first-order chi connectivity index (χ1) is 9.22. The second-order valence-corrected chi connectivity index (χ2v) is 4.70. The summed E-state index contributed by atoms with van der Waals surface area (Å²) >= 11 is 0. The number of ether oxygens (including phenoxy) is 1. The normalized spacial score (nSPS) is 13.8. The molecule has 1 aliphatic rings. The zero-order chi connectivity index (χ0) is 13.7. The molecule has 0 aliphatic heterocycles. The Morgan fingerprint density at radius 1 is 1.37 bits per heavy atom. The Bertz CT molecular complexity index is 482. The number of carbonyl (C=O) groups excluding carboxylic acids is 2. The molecule has 0 atom stereocenters. The minimum absolute atomic E-state index is 0.00461. The van der Waals surface area contributed by atoms with E-state index in [1.807, 2.05) is 19.1 Å². The van der Waals surface area contributed by atoms with Gasteiger partial charge >= 0.3 is 0 Å². The Labute approximate surface area is 113 Å². The van der Waals surface area contributed by atoms with E-state index in [0.29, 0.717) is 18.7 Å². The Morgan fingerprint density at radius 3 is 3.00 bits per heavy atom. The minimum Gasteiger partial charge on any atom is -0.483 e.